The van der Waals surface area contributed by atoms with Gasteiger partial charge in [-0.25, -0.2) is 9.78 Å². The Hall–Kier alpha value is -2.10. The summed E-state index contributed by atoms with van der Waals surface area (Å²) < 4.78 is 8.54. The van der Waals surface area contributed by atoms with Crippen molar-refractivity contribution in [3.05, 3.63) is 59.4 Å². The van der Waals surface area contributed by atoms with E-state index in [0.717, 1.165) is 4.57 Å². The molecule has 0 aliphatic carbocycles. The zero-order valence-electron chi connectivity index (χ0n) is 14.2. The van der Waals surface area contributed by atoms with E-state index in [0.29, 0.717) is 15.6 Å². The van der Waals surface area contributed by atoms with E-state index in [4.69, 9.17) is 23.2 Å². The Kier molecular flexibility index (Phi) is 5.45. The number of esters is 1. The third-order valence-electron chi connectivity index (χ3n) is 4.03. The second-order valence-electron chi connectivity index (χ2n) is 5.70. The fourth-order valence-electron chi connectivity index (χ4n) is 2.64. The third-order valence-corrected chi connectivity index (χ3v) is 5.37. The van der Waals surface area contributed by atoms with Crippen LogP contribution in [0.3, 0.4) is 0 Å². The van der Waals surface area contributed by atoms with Gasteiger partial charge in [-0.15, -0.1) is 0 Å². The van der Waals surface area contributed by atoms with E-state index in [1.54, 1.807) is 18.2 Å². The van der Waals surface area contributed by atoms with Gasteiger partial charge in [0.2, 0.25) is 0 Å². The average Bonchev–Trinajstić information content (AvgIpc) is 2.96. The second-order valence-corrected chi connectivity index (χ2v) is 7.22. The van der Waals surface area contributed by atoms with Gasteiger partial charge in [0.05, 0.1) is 23.7 Å². The molecule has 0 bridgehead atoms. The SMILES string of the molecule is COC(=O)Cn1c(Br)nc2c1c(=O)n(Cc1ccc(Cl)c(Cl)c1)c(=O)n2C. The lowest BCUT2D eigenvalue weighted by atomic mass is 10.2. The number of aryl methyl sites for hydroxylation is 1. The van der Waals surface area contributed by atoms with E-state index in [-0.39, 0.29) is 29.0 Å². The van der Waals surface area contributed by atoms with Crippen molar-refractivity contribution in [2.75, 3.05) is 7.11 Å². The van der Waals surface area contributed by atoms with Crippen molar-refractivity contribution in [2.24, 2.45) is 7.05 Å². The van der Waals surface area contributed by atoms with Gasteiger partial charge in [-0.3, -0.25) is 18.7 Å². The van der Waals surface area contributed by atoms with Gasteiger partial charge in [0.25, 0.3) is 5.56 Å². The molecule has 2 aromatic heterocycles. The Morgan fingerprint density at radius 2 is 1.93 bits per heavy atom. The molecule has 8 nitrogen and oxygen atoms in total. The first-order valence-corrected chi connectivity index (χ1v) is 9.15. The number of carbonyl (C=O) groups is 1. The average molecular weight is 476 g/mol. The molecule has 27 heavy (non-hydrogen) atoms. The Morgan fingerprint density at radius 3 is 2.56 bits per heavy atom. The summed E-state index contributed by atoms with van der Waals surface area (Å²) in [6.07, 6.45) is 0. The van der Waals surface area contributed by atoms with Gasteiger partial charge in [-0.2, -0.15) is 0 Å². The third kappa shape index (κ3) is 3.54. The molecular weight excluding hydrogens is 463 g/mol. The summed E-state index contributed by atoms with van der Waals surface area (Å²) in [4.78, 5) is 41.6. The van der Waals surface area contributed by atoms with E-state index in [9.17, 15) is 14.4 Å². The molecule has 11 heteroatoms. The first kappa shape index (κ1) is 19.7. The lowest BCUT2D eigenvalue weighted by molar-refractivity contribution is -0.141. The number of carbonyl (C=O) groups excluding carboxylic acids is 1. The summed E-state index contributed by atoms with van der Waals surface area (Å²) in [5.41, 5.74) is -0.239. The lowest BCUT2D eigenvalue weighted by Gasteiger charge is -2.10. The van der Waals surface area contributed by atoms with Crippen LogP contribution < -0.4 is 11.2 Å². The first-order valence-electron chi connectivity index (χ1n) is 7.61. The molecule has 0 saturated carbocycles. The quantitative estimate of drug-likeness (QED) is 0.426. The van der Waals surface area contributed by atoms with E-state index >= 15 is 0 Å². The fourth-order valence-corrected chi connectivity index (χ4v) is 3.43. The molecule has 0 aliphatic heterocycles. The molecule has 0 radical (unpaired) electrons. The molecule has 0 unspecified atom stereocenters. The highest BCUT2D eigenvalue weighted by atomic mass is 79.9. The topological polar surface area (TPSA) is 88.1 Å². The number of ether oxygens (including phenoxy) is 1. The number of rotatable bonds is 4. The maximum absolute atomic E-state index is 13.0. The van der Waals surface area contributed by atoms with Crippen molar-refractivity contribution in [3.63, 3.8) is 0 Å². The predicted octanol–water partition coefficient (Wildman–Crippen LogP) is 2.19. The maximum Gasteiger partial charge on any atom is 0.332 e. The van der Waals surface area contributed by atoms with Crippen LogP contribution in [0.5, 0.6) is 0 Å². The molecule has 1 aromatic carbocycles. The zero-order chi connectivity index (χ0) is 19.9. The predicted molar refractivity (Wildman–Crippen MR) is 105 cm³/mol. The van der Waals surface area contributed by atoms with Crippen molar-refractivity contribution in [1.29, 1.82) is 0 Å². The first-order chi connectivity index (χ1) is 12.7. The number of imidazole rings is 1. The number of hydrogen-bond donors (Lipinski definition) is 0. The number of nitrogens with zero attached hydrogens (tertiary/aromatic N) is 4. The Bertz CT molecular complexity index is 1180. The molecule has 0 atom stereocenters. The number of hydrogen-bond acceptors (Lipinski definition) is 5. The Balaban J connectivity index is 2.23. The molecule has 142 valence electrons. The van der Waals surface area contributed by atoms with Gasteiger partial charge in [-0.05, 0) is 33.6 Å². The maximum atomic E-state index is 13.0. The normalized spacial score (nSPS) is 11.1. The Labute approximate surface area is 171 Å². The highest BCUT2D eigenvalue weighted by Gasteiger charge is 2.21. The van der Waals surface area contributed by atoms with E-state index in [1.165, 1.54) is 23.3 Å². The molecule has 0 amide bonds. The number of methoxy groups -OCH3 is 1. The minimum atomic E-state index is -0.582. The summed E-state index contributed by atoms with van der Waals surface area (Å²) in [7, 11) is 2.74. The highest BCUT2D eigenvalue weighted by molar-refractivity contribution is 9.10. The standard InChI is InChI=1S/C16H13BrCl2N4O4/c1-21-13-12(22(15(17)20-13)7-11(24)27-2)14(25)23(16(21)26)6-8-3-4-9(18)10(19)5-8/h3-5H,6-7H2,1-2H3. The Morgan fingerprint density at radius 1 is 1.22 bits per heavy atom. The van der Waals surface area contributed by atoms with Crippen LogP contribution in [0, 0.1) is 0 Å². The molecule has 0 spiro atoms. The molecular formula is C16H13BrCl2N4O4. The minimum absolute atomic E-state index is 0.0145. The van der Waals surface area contributed by atoms with Crippen LogP contribution in [-0.4, -0.2) is 31.8 Å². The van der Waals surface area contributed by atoms with Crippen LogP contribution in [-0.2, 0) is 29.7 Å². The molecule has 0 saturated heterocycles. The lowest BCUT2D eigenvalue weighted by Crippen LogP contribution is -2.40. The summed E-state index contributed by atoms with van der Waals surface area (Å²) >= 11 is 15.1. The summed E-state index contributed by atoms with van der Waals surface area (Å²) in [6.45, 7) is -0.243. The molecule has 2 heterocycles. The van der Waals surface area contributed by atoms with Gasteiger partial charge < -0.3 is 9.30 Å². The molecule has 0 fully saturated rings. The van der Waals surface area contributed by atoms with Crippen molar-refractivity contribution in [3.8, 4) is 0 Å². The fraction of sp³-hybridized carbons (Fsp3) is 0.250. The van der Waals surface area contributed by atoms with Crippen LogP contribution in [0.4, 0.5) is 0 Å². The van der Waals surface area contributed by atoms with Crippen LogP contribution in [0.15, 0.2) is 32.5 Å². The smallest absolute Gasteiger partial charge is 0.332 e. The number of halogens is 3. The molecule has 3 rings (SSSR count). The zero-order valence-corrected chi connectivity index (χ0v) is 17.3. The van der Waals surface area contributed by atoms with Gasteiger partial charge in [-0.1, -0.05) is 29.3 Å². The molecule has 3 aromatic rings. The van der Waals surface area contributed by atoms with Crippen molar-refractivity contribution in [1.82, 2.24) is 18.7 Å². The monoisotopic (exact) mass is 474 g/mol. The second kappa shape index (κ2) is 7.49. The van der Waals surface area contributed by atoms with E-state index < -0.39 is 17.2 Å². The summed E-state index contributed by atoms with van der Waals surface area (Å²) in [5.74, 6) is -0.556. The van der Waals surface area contributed by atoms with Crippen LogP contribution >= 0.6 is 39.1 Å². The van der Waals surface area contributed by atoms with Crippen molar-refractivity contribution in [2.45, 2.75) is 13.1 Å². The van der Waals surface area contributed by atoms with Gasteiger partial charge in [0.15, 0.2) is 15.9 Å². The van der Waals surface area contributed by atoms with E-state index in [2.05, 4.69) is 25.7 Å². The van der Waals surface area contributed by atoms with Gasteiger partial charge in [0, 0.05) is 7.05 Å². The van der Waals surface area contributed by atoms with Crippen LogP contribution in [0.2, 0.25) is 10.0 Å². The summed E-state index contributed by atoms with van der Waals surface area (Å²) in [6, 6.07) is 4.85. The number of aromatic nitrogens is 4. The number of fused-ring (bicyclic) bond motifs is 1. The largest absolute Gasteiger partial charge is 0.468 e. The van der Waals surface area contributed by atoms with E-state index in [1.807, 2.05) is 0 Å². The minimum Gasteiger partial charge on any atom is -0.468 e. The van der Waals surface area contributed by atoms with Gasteiger partial charge in [0.1, 0.15) is 6.54 Å². The highest BCUT2D eigenvalue weighted by Crippen LogP contribution is 2.23. The van der Waals surface area contributed by atoms with Gasteiger partial charge >= 0.3 is 11.7 Å². The van der Waals surface area contributed by atoms with Crippen molar-refractivity contribution >= 4 is 56.3 Å². The van der Waals surface area contributed by atoms with Crippen LogP contribution in [0.25, 0.3) is 11.2 Å². The number of benzene rings is 1. The molecule has 0 N–H and O–H groups in total. The molecule has 0 aliphatic rings. The van der Waals surface area contributed by atoms with Crippen LogP contribution in [0.1, 0.15) is 5.56 Å². The summed E-state index contributed by atoms with van der Waals surface area (Å²) in [5, 5.41) is 0.690. The van der Waals surface area contributed by atoms with Crippen molar-refractivity contribution < 1.29 is 9.53 Å².